The second kappa shape index (κ2) is 3.08. The first-order valence-electron chi connectivity index (χ1n) is 4.12. The third-order valence-corrected chi connectivity index (χ3v) is 1.99. The molecule has 0 saturated carbocycles. The third kappa shape index (κ3) is 1.37. The van der Waals surface area contributed by atoms with Crippen LogP contribution >= 0.6 is 0 Å². The fourth-order valence-corrected chi connectivity index (χ4v) is 1.37. The van der Waals surface area contributed by atoms with Crippen LogP contribution in [0.2, 0.25) is 0 Å². The van der Waals surface area contributed by atoms with Crippen molar-refractivity contribution in [3.8, 4) is 0 Å². The topological polar surface area (TPSA) is 58.5 Å². The largest absolute Gasteiger partial charge is 0.384 e. The Hall–Kier alpha value is -1.52. The molecule has 0 aromatic heterocycles. The predicted octanol–water partition coefficient (Wildman–Crippen LogP) is 0.397. The molecular weight excluding hydrogens is 164 g/mol. The monoisotopic (exact) mass is 176 g/mol. The maximum atomic E-state index is 5.77. The lowest BCUT2D eigenvalue weighted by molar-refractivity contribution is 0.329. The smallest absolute Gasteiger partial charge is 0.117 e. The van der Waals surface area contributed by atoms with E-state index in [4.69, 9.17) is 11.6 Å². The zero-order valence-electron chi connectivity index (χ0n) is 7.22. The summed E-state index contributed by atoms with van der Waals surface area (Å²) in [6, 6.07) is 9.79. The van der Waals surface area contributed by atoms with Gasteiger partial charge in [0.2, 0.25) is 0 Å². The molecule has 1 heterocycles. The lowest BCUT2D eigenvalue weighted by atomic mass is 10.3. The SMILES string of the molecule is NC1=CCN(N)N1c1ccccc1. The number of nitrogens with zero attached hydrogens (tertiary/aromatic N) is 2. The Balaban J connectivity index is 2.31. The fourth-order valence-electron chi connectivity index (χ4n) is 1.37. The summed E-state index contributed by atoms with van der Waals surface area (Å²) in [6.45, 7) is 0.653. The molecule has 1 aromatic carbocycles. The molecule has 0 fully saturated rings. The summed E-state index contributed by atoms with van der Waals surface area (Å²) in [5.74, 6) is 6.40. The van der Waals surface area contributed by atoms with Crippen LogP contribution in [0.25, 0.3) is 0 Å². The number of anilines is 1. The number of benzene rings is 1. The van der Waals surface area contributed by atoms with Crippen molar-refractivity contribution in [3.05, 3.63) is 42.2 Å². The van der Waals surface area contributed by atoms with Gasteiger partial charge in [0, 0.05) is 0 Å². The molecule has 0 bridgehead atoms. The van der Waals surface area contributed by atoms with Crippen molar-refractivity contribution in [3.63, 3.8) is 0 Å². The van der Waals surface area contributed by atoms with E-state index < -0.39 is 0 Å². The average Bonchev–Trinajstić information content (AvgIpc) is 2.48. The van der Waals surface area contributed by atoms with Gasteiger partial charge in [-0.15, -0.1) is 5.12 Å². The molecule has 1 aromatic rings. The molecule has 0 radical (unpaired) electrons. The Labute approximate surface area is 77.0 Å². The quantitative estimate of drug-likeness (QED) is 0.608. The van der Waals surface area contributed by atoms with Crippen LogP contribution in [-0.4, -0.2) is 11.7 Å². The second-order valence-corrected chi connectivity index (χ2v) is 2.90. The normalized spacial score (nSPS) is 17.6. The van der Waals surface area contributed by atoms with Gasteiger partial charge in [-0.05, 0) is 18.2 Å². The van der Waals surface area contributed by atoms with Crippen LogP contribution in [0.5, 0.6) is 0 Å². The lowest BCUT2D eigenvalue weighted by Crippen LogP contribution is -2.44. The van der Waals surface area contributed by atoms with Crippen molar-refractivity contribution in [2.75, 3.05) is 11.6 Å². The van der Waals surface area contributed by atoms with E-state index in [9.17, 15) is 0 Å². The van der Waals surface area contributed by atoms with Crippen LogP contribution < -0.4 is 16.6 Å². The molecule has 0 unspecified atom stereocenters. The van der Waals surface area contributed by atoms with Crippen LogP contribution in [0.4, 0.5) is 5.69 Å². The molecule has 0 saturated heterocycles. The van der Waals surface area contributed by atoms with Gasteiger partial charge in [0.25, 0.3) is 0 Å². The van der Waals surface area contributed by atoms with Gasteiger partial charge in [-0.2, -0.15) is 0 Å². The third-order valence-electron chi connectivity index (χ3n) is 1.99. The van der Waals surface area contributed by atoms with Crippen molar-refractivity contribution in [1.82, 2.24) is 5.12 Å². The average molecular weight is 176 g/mol. The maximum absolute atomic E-state index is 5.77. The Bertz CT molecular complexity index is 320. The van der Waals surface area contributed by atoms with Gasteiger partial charge in [0.05, 0.1) is 12.2 Å². The highest BCUT2D eigenvalue weighted by Gasteiger charge is 2.19. The number of hydrazine groups is 2. The number of hydrogen-bond donors (Lipinski definition) is 2. The van der Waals surface area contributed by atoms with E-state index >= 15 is 0 Å². The standard InChI is InChI=1S/C9H12N4/c10-9-6-7-12(11)13(9)8-4-2-1-3-5-8/h1-6H,7,10-11H2. The zero-order valence-corrected chi connectivity index (χ0v) is 7.22. The molecule has 4 heteroatoms. The Kier molecular flexibility index (Phi) is 1.92. The first kappa shape index (κ1) is 8.10. The van der Waals surface area contributed by atoms with Gasteiger partial charge in [0.15, 0.2) is 0 Å². The van der Waals surface area contributed by atoms with Gasteiger partial charge in [-0.3, -0.25) is 0 Å². The highest BCUT2D eigenvalue weighted by Crippen LogP contribution is 2.20. The highest BCUT2D eigenvalue weighted by molar-refractivity contribution is 5.51. The summed E-state index contributed by atoms with van der Waals surface area (Å²) < 4.78 is 0. The first-order valence-corrected chi connectivity index (χ1v) is 4.12. The minimum absolute atomic E-state index is 0.653. The summed E-state index contributed by atoms with van der Waals surface area (Å²) in [5, 5.41) is 3.35. The van der Waals surface area contributed by atoms with E-state index in [1.54, 1.807) is 10.1 Å². The molecule has 0 amide bonds. The van der Waals surface area contributed by atoms with Gasteiger partial charge in [-0.1, -0.05) is 18.2 Å². The Morgan fingerprint density at radius 1 is 1.15 bits per heavy atom. The van der Waals surface area contributed by atoms with Crippen molar-refractivity contribution >= 4 is 5.69 Å². The molecule has 0 spiro atoms. The predicted molar refractivity (Wildman–Crippen MR) is 52.1 cm³/mol. The van der Waals surface area contributed by atoms with Crippen molar-refractivity contribution in [2.45, 2.75) is 0 Å². The summed E-state index contributed by atoms with van der Waals surface area (Å²) in [4.78, 5) is 0. The summed E-state index contributed by atoms with van der Waals surface area (Å²) in [7, 11) is 0. The van der Waals surface area contributed by atoms with E-state index in [1.165, 1.54) is 0 Å². The van der Waals surface area contributed by atoms with E-state index in [2.05, 4.69) is 0 Å². The number of para-hydroxylation sites is 1. The van der Waals surface area contributed by atoms with Crippen LogP contribution in [0.1, 0.15) is 0 Å². The number of hydrogen-bond acceptors (Lipinski definition) is 4. The Morgan fingerprint density at radius 2 is 1.85 bits per heavy atom. The summed E-state index contributed by atoms with van der Waals surface area (Å²) in [6.07, 6.45) is 1.88. The van der Waals surface area contributed by atoms with E-state index in [0.29, 0.717) is 12.4 Å². The molecule has 0 aliphatic carbocycles. The molecule has 0 atom stereocenters. The van der Waals surface area contributed by atoms with Gasteiger partial charge >= 0.3 is 0 Å². The first-order chi connectivity index (χ1) is 6.29. The summed E-state index contributed by atoms with van der Waals surface area (Å²) in [5.41, 5.74) is 6.75. The van der Waals surface area contributed by atoms with Crippen molar-refractivity contribution < 1.29 is 0 Å². The fraction of sp³-hybridized carbons (Fsp3) is 0.111. The van der Waals surface area contributed by atoms with E-state index in [-0.39, 0.29) is 0 Å². The van der Waals surface area contributed by atoms with Crippen LogP contribution in [0.15, 0.2) is 42.2 Å². The Morgan fingerprint density at radius 3 is 2.38 bits per heavy atom. The van der Waals surface area contributed by atoms with Gasteiger partial charge in [-0.25, -0.2) is 10.9 Å². The number of nitrogens with two attached hydrogens (primary N) is 2. The molecule has 1 aliphatic heterocycles. The van der Waals surface area contributed by atoms with Crippen molar-refractivity contribution in [2.24, 2.45) is 11.6 Å². The molecule has 13 heavy (non-hydrogen) atoms. The molecule has 2 rings (SSSR count). The number of rotatable bonds is 1. The van der Waals surface area contributed by atoms with E-state index in [1.807, 2.05) is 36.4 Å². The molecule has 4 N–H and O–H groups in total. The zero-order chi connectivity index (χ0) is 9.26. The molecule has 68 valence electrons. The minimum Gasteiger partial charge on any atom is -0.384 e. The van der Waals surface area contributed by atoms with Gasteiger partial charge < -0.3 is 5.73 Å². The van der Waals surface area contributed by atoms with Crippen molar-refractivity contribution in [1.29, 1.82) is 0 Å². The minimum atomic E-state index is 0.653. The summed E-state index contributed by atoms with van der Waals surface area (Å²) >= 11 is 0. The van der Waals surface area contributed by atoms with Crippen LogP contribution in [0, 0.1) is 0 Å². The maximum Gasteiger partial charge on any atom is 0.117 e. The molecular formula is C9H12N4. The highest BCUT2D eigenvalue weighted by atomic mass is 15.8. The van der Waals surface area contributed by atoms with Crippen LogP contribution in [-0.2, 0) is 0 Å². The molecule has 1 aliphatic rings. The second-order valence-electron chi connectivity index (χ2n) is 2.90. The molecule has 4 nitrogen and oxygen atoms in total. The van der Waals surface area contributed by atoms with Crippen LogP contribution in [0.3, 0.4) is 0 Å². The lowest BCUT2D eigenvalue weighted by Gasteiger charge is -2.26. The van der Waals surface area contributed by atoms with Gasteiger partial charge in [0.1, 0.15) is 5.82 Å². The van der Waals surface area contributed by atoms with E-state index in [0.717, 1.165) is 5.69 Å².